The van der Waals surface area contributed by atoms with Gasteiger partial charge in [0.1, 0.15) is 5.75 Å². The summed E-state index contributed by atoms with van der Waals surface area (Å²) in [6.45, 7) is 0. The number of likely N-dealkylation sites (N-methyl/N-ethyl adjacent to an activating group) is 1. The summed E-state index contributed by atoms with van der Waals surface area (Å²) in [5, 5.41) is 3.40. The predicted octanol–water partition coefficient (Wildman–Crippen LogP) is 4.59. The van der Waals surface area contributed by atoms with E-state index in [2.05, 4.69) is 73.6 Å². The highest BCUT2D eigenvalue weighted by Gasteiger charge is 2.10. The van der Waals surface area contributed by atoms with Crippen molar-refractivity contribution >= 4 is 31.9 Å². The van der Waals surface area contributed by atoms with Crippen LogP contribution in [0.4, 0.5) is 0 Å². The first-order chi connectivity index (χ1) is 10.1. The highest BCUT2D eigenvalue weighted by atomic mass is 79.9. The smallest absolute Gasteiger partial charge is 0.133 e. The lowest BCUT2D eigenvalue weighted by Gasteiger charge is -2.17. The van der Waals surface area contributed by atoms with Crippen molar-refractivity contribution in [3.05, 3.63) is 62.5 Å². The summed E-state index contributed by atoms with van der Waals surface area (Å²) in [5.74, 6) is 0.867. The molecule has 0 radical (unpaired) electrons. The van der Waals surface area contributed by atoms with E-state index < -0.39 is 0 Å². The second kappa shape index (κ2) is 7.97. The average Bonchev–Trinajstić information content (AvgIpc) is 2.47. The fraction of sp³-hybridized carbons (Fsp3) is 0.294. The SMILES string of the molecule is CNC(Cc1cccc(Br)c1)Cc1ccc(OC)c(Br)c1. The molecule has 0 spiro atoms. The molecule has 0 aliphatic rings. The van der Waals surface area contributed by atoms with Gasteiger partial charge in [0, 0.05) is 10.5 Å². The lowest BCUT2D eigenvalue weighted by atomic mass is 9.99. The Kier molecular flexibility index (Phi) is 6.27. The van der Waals surface area contributed by atoms with Gasteiger partial charge in [-0.15, -0.1) is 0 Å². The van der Waals surface area contributed by atoms with E-state index in [1.807, 2.05) is 13.1 Å². The quantitative estimate of drug-likeness (QED) is 0.748. The third-order valence-corrected chi connectivity index (χ3v) is 4.59. The summed E-state index contributed by atoms with van der Waals surface area (Å²) in [6, 6.07) is 15.1. The highest BCUT2D eigenvalue weighted by molar-refractivity contribution is 9.10. The Balaban J connectivity index is 2.07. The maximum absolute atomic E-state index is 5.27. The summed E-state index contributed by atoms with van der Waals surface area (Å²) in [7, 11) is 3.70. The number of hydrogen-bond acceptors (Lipinski definition) is 2. The molecule has 0 aromatic heterocycles. The molecule has 0 saturated heterocycles. The van der Waals surface area contributed by atoms with Gasteiger partial charge in [0.05, 0.1) is 11.6 Å². The molecule has 0 heterocycles. The minimum Gasteiger partial charge on any atom is -0.496 e. The molecule has 0 fully saturated rings. The van der Waals surface area contributed by atoms with Gasteiger partial charge in [0.25, 0.3) is 0 Å². The first-order valence-electron chi connectivity index (χ1n) is 6.86. The van der Waals surface area contributed by atoms with Gasteiger partial charge in [0.2, 0.25) is 0 Å². The van der Waals surface area contributed by atoms with Crippen LogP contribution in [-0.4, -0.2) is 20.2 Å². The van der Waals surface area contributed by atoms with Gasteiger partial charge in [0.15, 0.2) is 0 Å². The zero-order valence-corrected chi connectivity index (χ0v) is 15.4. The number of halogens is 2. The molecule has 0 amide bonds. The Bertz CT molecular complexity index is 601. The van der Waals surface area contributed by atoms with Crippen molar-refractivity contribution in [3.63, 3.8) is 0 Å². The molecule has 4 heteroatoms. The maximum atomic E-state index is 5.27. The summed E-state index contributed by atoms with van der Waals surface area (Å²) in [6.07, 6.45) is 1.98. The van der Waals surface area contributed by atoms with Gasteiger partial charge >= 0.3 is 0 Å². The molecule has 1 unspecified atom stereocenters. The van der Waals surface area contributed by atoms with Crippen molar-refractivity contribution in [1.29, 1.82) is 0 Å². The van der Waals surface area contributed by atoms with Crippen molar-refractivity contribution in [2.45, 2.75) is 18.9 Å². The number of nitrogens with one attached hydrogen (secondary N) is 1. The maximum Gasteiger partial charge on any atom is 0.133 e. The standard InChI is InChI=1S/C17H19Br2NO/c1-20-15(9-12-4-3-5-14(18)8-12)10-13-6-7-17(21-2)16(19)11-13/h3-8,11,15,20H,9-10H2,1-2H3. The van der Waals surface area contributed by atoms with Crippen molar-refractivity contribution in [2.24, 2.45) is 0 Å². The Labute approximate surface area is 143 Å². The van der Waals surface area contributed by atoms with Gasteiger partial charge in [-0.1, -0.05) is 34.1 Å². The first kappa shape index (κ1) is 16.5. The van der Waals surface area contributed by atoms with Crippen LogP contribution in [0.5, 0.6) is 5.75 Å². The van der Waals surface area contributed by atoms with Gasteiger partial charge in [-0.3, -0.25) is 0 Å². The molecule has 1 N–H and O–H groups in total. The van der Waals surface area contributed by atoms with E-state index in [4.69, 9.17) is 4.74 Å². The number of rotatable bonds is 6. The van der Waals surface area contributed by atoms with Crippen LogP contribution in [0, 0.1) is 0 Å². The Morgan fingerprint density at radius 1 is 1.05 bits per heavy atom. The second-order valence-electron chi connectivity index (χ2n) is 4.99. The molecule has 2 rings (SSSR count). The van der Waals surface area contributed by atoms with Crippen LogP contribution in [0.2, 0.25) is 0 Å². The average molecular weight is 413 g/mol. The molecule has 2 nitrogen and oxygen atoms in total. The fourth-order valence-corrected chi connectivity index (χ4v) is 3.38. The summed E-state index contributed by atoms with van der Waals surface area (Å²) < 4.78 is 7.40. The van der Waals surface area contributed by atoms with E-state index in [0.717, 1.165) is 27.5 Å². The van der Waals surface area contributed by atoms with Gasteiger partial charge in [-0.25, -0.2) is 0 Å². The number of ether oxygens (including phenoxy) is 1. The second-order valence-corrected chi connectivity index (χ2v) is 6.76. The molecule has 112 valence electrons. The van der Waals surface area contributed by atoms with Crippen LogP contribution in [-0.2, 0) is 12.8 Å². The summed E-state index contributed by atoms with van der Waals surface area (Å²) in [4.78, 5) is 0. The molecule has 1 atom stereocenters. The number of methoxy groups -OCH3 is 1. The third kappa shape index (κ3) is 4.83. The molecule has 21 heavy (non-hydrogen) atoms. The molecule has 2 aromatic rings. The van der Waals surface area contributed by atoms with Crippen molar-refractivity contribution in [1.82, 2.24) is 5.32 Å². The summed E-state index contributed by atoms with van der Waals surface area (Å²) >= 11 is 7.07. The molecular formula is C17H19Br2NO. The normalized spacial score (nSPS) is 12.2. The topological polar surface area (TPSA) is 21.3 Å². The van der Waals surface area contributed by atoms with Crippen LogP contribution in [0.25, 0.3) is 0 Å². The summed E-state index contributed by atoms with van der Waals surface area (Å²) in [5.41, 5.74) is 2.62. The van der Waals surface area contributed by atoms with E-state index in [1.165, 1.54) is 11.1 Å². The number of benzene rings is 2. The van der Waals surface area contributed by atoms with Gasteiger partial charge in [-0.05, 0) is 71.2 Å². The van der Waals surface area contributed by atoms with Crippen LogP contribution in [0.1, 0.15) is 11.1 Å². The van der Waals surface area contributed by atoms with Crippen LogP contribution >= 0.6 is 31.9 Å². The molecule has 2 aromatic carbocycles. The van der Waals surface area contributed by atoms with Crippen molar-refractivity contribution < 1.29 is 4.74 Å². The third-order valence-electron chi connectivity index (χ3n) is 3.48. The largest absolute Gasteiger partial charge is 0.496 e. The lowest BCUT2D eigenvalue weighted by molar-refractivity contribution is 0.412. The van der Waals surface area contributed by atoms with Crippen molar-refractivity contribution in [2.75, 3.05) is 14.2 Å². The van der Waals surface area contributed by atoms with Crippen LogP contribution in [0.15, 0.2) is 51.4 Å². The fourth-order valence-electron chi connectivity index (χ4n) is 2.35. The highest BCUT2D eigenvalue weighted by Crippen LogP contribution is 2.26. The van der Waals surface area contributed by atoms with Crippen LogP contribution in [0.3, 0.4) is 0 Å². The monoisotopic (exact) mass is 411 g/mol. The van der Waals surface area contributed by atoms with Gasteiger partial charge in [-0.2, -0.15) is 0 Å². The predicted molar refractivity (Wildman–Crippen MR) is 95.1 cm³/mol. The van der Waals surface area contributed by atoms with E-state index in [0.29, 0.717) is 6.04 Å². The Morgan fingerprint density at radius 3 is 2.33 bits per heavy atom. The minimum absolute atomic E-state index is 0.402. The molecule has 0 aliphatic carbocycles. The van der Waals surface area contributed by atoms with Crippen LogP contribution < -0.4 is 10.1 Å². The van der Waals surface area contributed by atoms with Crippen molar-refractivity contribution in [3.8, 4) is 5.75 Å². The Morgan fingerprint density at radius 2 is 1.76 bits per heavy atom. The molecular weight excluding hydrogens is 394 g/mol. The molecule has 0 aliphatic heterocycles. The zero-order valence-electron chi connectivity index (χ0n) is 12.2. The lowest BCUT2D eigenvalue weighted by Crippen LogP contribution is -2.29. The minimum atomic E-state index is 0.402. The number of hydrogen-bond donors (Lipinski definition) is 1. The zero-order chi connectivity index (χ0) is 15.2. The first-order valence-corrected chi connectivity index (χ1v) is 8.45. The van der Waals surface area contributed by atoms with E-state index in [-0.39, 0.29) is 0 Å². The van der Waals surface area contributed by atoms with E-state index in [9.17, 15) is 0 Å². The van der Waals surface area contributed by atoms with Gasteiger partial charge < -0.3 is 10.1 Å². The Hall–Kier alpha value is -0.840. The van der Waals surface area contributed by atoms with E-state index >= 15 is 0 Å². The molecule has 0 bridgehead atoms. The van der Waals surface area contributed by atoms with E-state index in [1.54, 1.807) is 7.11 Å². The molecule has 0 saturated carbocycles.